The Bertz CT molecular complexity index is 881. The highest BCUT2D eigenvalue weighted by Crippen LogP contribution is 2.43. The number of unbranched alkanes of at least 4 members (excludes halogenated alkanes) is 27. The van der Waals surface area contributed by atoms with Gasteiger partial charge in [0.25, 0.3) is 0 Å². The lowest BCUT2D eigenvalue weighted by molar-refractivity contribution is -0.870. The van der Waals surface area contributed by atoms with Crippen LogP contribution in [0.2, 0.25) is 0 Å². The quantitative estimate of drug-likeness (QED) is 0.0283. The summed E-state index contributed by atoms with van der Waals surface area (Å²) in [5.41, 5.74) is 0. The first-order valence-electron chi connectivity index (χ1n) is 22.3. The number of likely N-dealkylation sites (N-methyl/N-ethyl adjacent to an activating group) is 1. The largest absolute Gasteiger partial charge is 0.472 e. The molecule has 0 aliphatic heterocycles. The van der Waals surface area contributed by atoms with Crippen molar-refractivity contribution in [1.29, 1.82) is 0 Å². The number of esters is 2. The summed E-state index contributed by atoms with van der Waals surface area (Å²) in [5.74, 6) is -0.785. The molecule has 9 nitrogen and oxygen atoms in total. The average Bonchev–Trinajstić information content (AvgIpc) is 3.10. The third-order valence-corrected chi connectivity index (χ3v) is 10.9. The van der Waals surface area contributed by atoms with Crippen LogP contribution in [0.5, 0.6) is 0 Å². The van der Waals surface area contributed by atoms with Gasteiger partial charge in [0.05, 0.1) is 27.7 Å². The Kier molecular flexibility index (Phi) is 36.0. The Hall–Kier alpha value is -0.990. The van der Waals surface area contributed by atoms with Crippen LogP contribution in [0, 0.1) is 0 Å². The molecule has 0 aromatic rings. The third-order valence-electron chi connectivity index (χ3n) is 9.89. The molecule has 0 aromatic heterocycles. The summed E-state index contributed by atoms with van der Waals surface area (Å²) >= 11 is 0. The molecule has 0 fully saturated rings. The minimum atomic E-state index is -4.36. The van der Waals surface area contributed by atoms with Gasteiger partial charge in [-0.2, -0.15) is 0 Å². The Morgan fingerprint density at radius 2 is 0.849 bits per heavy atom. The minimum absolute atomic E-state index is 0.0367. The van der Waals surface area contributed by atoms with E-state index in [-0.39, 0.29) is 25.6 Å². The van der Waals surface area contributed by atoms with Gasteiger partial charge in [-0.1, -0.05) is 187 Å². The van der Waals surface area contributed by atoms with Crippen LogP contribution in [0.4, 0.5) is 0 Å². The summed E-state index contributed by atoms with van der Waals surface area (Å²) in [6.07, 6.45) is 35.7. The zero-order valence-corrected chi connectivity index (χ0v) is 36.4. The molecule has 1 N–H and O–H groups in total. The highest BCUT2D eigenvalue weighted by Gasteiger charge is 2.27. The van der Waals surface area contributed by atoms with Crippen molar-refractivity contribution in [1.82, 2.24) is 0 Å². The SMILES string of the molecule is CCCCCCCCCCCCCCCCCCCCC(=O)OC(COC(=O)CCCCCCCCCCCCC)COP(=O)(O)OCC[N+](C)(C)C. The van der Waals surface area contributed by atoms with Crippen molar-refractivity contribution in [2.24, 2.45) is 0 Å². The monoisotopic (exact) mass is 777 g/mol. The number of carbonyl (C=O) groups is 2. The predicted molar refractivity (Wildman–Crippen MR) is 220 cm³/mol. The van der Waals surface area contributed by atoms with E-state index in [9.17, 15) is 19.0 Å². The van der Waals surface area contributed by atoms with Crippen molar-refractivity contribution in [2.75, 3.05) is 47.5 Å². The normalized spacial score (nSPS) is 13.5. The molecule has 316 valence electrons. The molecule has 0 bridgehead atoms. The molecule has 0 radical (unpaired) electrons. The van der Waals surface area contributed by atoms with Gasteiger partial charge in [0.1, 0.15) is 19.8 Å². The van der Waals surface area contributed by atoms with E-state index in [0.717, 1.165) is 38.5 Å². The molecule has 0 aliphatic rings. The molecular weight excluding hydrogens is 689 g/mol. The van der Waals surface area contributed by atoms with Gasteiger partial charge in [-0.05, 0) is 12.8 Å². The van der Waals surface area contributed by atoms with Crippen LogP contribution in [-0.2, 0) is 32.7 Å². The summed E-state index contributed by atoms with van der Waals surface area (Å²) in [6.45, 7) is 4.45. The van der Waals surface area contributed by atoms with E-state index in [1.807, 2.05) is 21.1 Å². The maximum absolute atomic E-state index is 12.7. The van der Waals surface area contributed by atoms with E-state index in [1.54, 1.807) is 0 Å². The number of phosphoric ester groups is 1. The Balaban J connectivity index is 4.27. The van der Waals surface area contributed by atoms with Gasteiger partial charge in [-0.15, -0.1) is 0 Å². The molecule has 0 aliphatic carbocycles. The lowest BCUT2D eigenvalue weighted by Gasteiger charge is -2.24. The lowest BCUT2D eigenvalue weighted by atomic mass is 10.0. The van der Waals surface area contributed by atoms with Gasteiger partial charge in [0.15, 0.2) is 6.10 Å². The summed E-state index contributed by atoms with van der Waals surface area (Å²) in [7, 11) is 1.49. The van der Waals surface area contributed by atoms with Gasteiger partial charge in [0.2, 0.25) is 0 Å². The minimum Gasteiger partial charge on any atom is -0.462 e. The summed E-state index contributed by atoms with van der Waals surface area (Å²) < 4.78 is 34.3. The molecule has 2 atom stereocenters. The van der Waals surface area contributed by atoms with Gasteiger partial charge in [-0.25, -0.2) is 4.57 Å². The van der Waals surface area contributed by atoms with Crippen LogP contribution in [0.25, 0.3) is 0 Å². The van der Waals surface area contributed by atoms with Crippen molar-refractivity contribution < 1.29 is 42.1 Å². The summed E-state index contributed by atoms with van der Waals surface area (Å²) in [6, 6.07) is 0. The van der Waals surface area contributed by atoms with Crippen LogP contribution < -0.4 is 0 Å². The van der Waals surface area contributed by atoms with Gasteiger partial charge < -0.3 is 18.9 Å². The summed E-state index contributed by atoms with van der Waals surface area (Å²) in [5, 5.41) is 0. The van der Waals surface area contributed by atoms with Gasteiger partial charge in [0, 0.05) is 12.8 Å². The van der Waals surface area contributed by atoms with Crippen molar-refractivity contribution >= 4 is 19.8 Å². The number of hydrogen-bond donors (Lipinski definition) is 1. The first-order valence-corrected chi connectivity index (χ1v) is 23.8. The van der Waals surface area contributed by atoms with Crippen molar-refractivity contribution in [3.8, 4) is 0 Å². The Labute approximate surface area is 327 Å². The van der Waals surface area contributed by atoms with Crippen LogP contribution in [-0.4, -0.2) is 74.9 Å². The first kappa shape index (κ1) is 52.0. The van der Waals surface area contributed by atoms with E-state index in [4.69, 9.17) is 18.5 Å². The number of ether oxygens (including phenoxy) is 2. The molecule has 0 amide bonds. The number of hydrogen-bond acceptors (Lipinski definition) is 7. The van der Waals surface area contributed by atoms with E-state index in [0.29, 0.717) is 17.4 Å². The van der Waals surface area contributed by atoms with Gasteiger partial charge >= 0.3 is 19.8 Å². The Morgan fingerprint density at radius 1 is 0.509 bits per heavy atom. The standard InChI is InChI=1S/C43H86NO8P/c1-6-8-10-12-14-16-18-19-20-21-22-23-24-26-28-30-32-34-36-43(46)52-41(40-51-53(47,48)50-38-37-44(3,4)5)39-49-42(45)35-33-31-29-27-25-17-15-13-11-9-7-2/h41H,6-40H2,1-5H3/p+1. The highest BCUT2D eigenvalue weighted by molar-refractivity contribution is 7.47. The van der Waals surface area contributed by atoms with Crippen molar-refractivity contribution in [2.45, 2.75) is 219 Å². The summed E-state index contributed by atoms with van der Waals surface area (Å²) in [4.78, 5) is 35.3. The Morgan fingerprint density at radius 3 is 1.21 bits per heavy atom. The van der Waals surface area contributed by atoms with E-state index in [2.05, 4.69) is 13.8 Å². The fraction of sp³-hybridized carbons (Fsp3) is 0.953. The molecule has 0 saturated carbocycles. The van der Waals surface area contributed by atoms with Crippen LogP contribution in [0.3, 0.4) is 0 Å². The average molecular weight is 777 g/mol. The van der Waals surface area contributed by atoms with E-state index < -0.39 is 26.5 Å². The molecule has 0 saturated heterocycles. The van der Waals surface area contributed by atoms with Crippen LogP contribution >= 0.6 is 7.82 Å². The van der Waals surface area contributed by atoms with Crippen molar-refractivity contribution in [3.63, 3.8) is 0 Å². The smallest absolute Gasteiger partial charge is 0.462 e. The maximum atomic E-state index is 12.7. The number of carbonyl (C=O) groups excluding carboxylic acids is 2. The van der Waals surface area contributed by atoms with Crippen molar-refractivity contribution in [3.05, 3.63) is 0 Å². The number of rotatable bonds is 41. The lowest BCUT2D eigenvalue weighted by Crippen LogP contribution is -2.37. The number of quaternary nitrogens is 1. The molecule has 53 heavy (non-hydrogen) atoms. The molecular formula is C43H87NO8P+. The second-order valence-corrected chi connectivity index (χ2v) is 17.9. The predicted octanol–water partition coefficient (Wildman–Crippen LogP) is 12.4. The number of phosphoric acid groups is 1. The first-order chi connectivity index (χ1) is 25.5. The van der Waals surface area contributed by atoms with E-state index >= 15 is 0 Å². The molecule has 10 heteroatoms. The zero-order valence-electron chi connectivity index (χ0n) is 35.5. The molecule has 0 aromatic carbocycles. The zero-order chi connectivity index (χ0) is 39.3. The fourth-order valence-electron chi connectivity index (χ4n) is 6.37. The van der Waals surface area contributed by atoms with Gasteiger partial charge in [-0.3, -0.25) is 18.6 Å². The highest BCUT2D eigenvalue weighted by atomic mass is 31.2. The molecule has 0 spiro atoms. The second-order valence-electron chi connectivity index (χ2n) is 16.5. The fourth-order valence-corrected chi connectivity index (χ4v) is 7.11. The maximum Gasteiger partial charge on any atom is 0.472 e. The third kappa shape index (κ3) is 40.5. The van der Waals surface area contributed by atoms with E-state index in [1.165, 1.54) is 148 Å². The van der Waals surface area contributed by atoms with Crippen LogP contribution in [0.1, 0.15) is 213 Å². The topological polar surface area (TPSA) is 108 Å². The molecule has 0 rings (SSSR count). The number of nitrogens with zero attached hydrogens (tertiary/aromatic N) is 1. The van der Waals surface area contributed by atoms with Crippen LogP contribution in [0.15, 0.2) is 0 Å². The second kappa shape index (κ2) is 36.6. The molecule has 2 unspecified atom stereocenters. The molecule has 0 heterocycles.